The number of nitrogens with zero attached hydrogens (tertiary/aromatic N) is 4. The van der Waals surface area contributed by atoms with Gasteiger partial charge in [-0.05, 0) is 67.1 Å². The quantitative estimate of drug-likeness (QED) is 0.205. The largest absolute Gasteiger partial charge is 0.497 e. The van der Waals surface area contributed by atoms with Crippen LogP contribution in [0.2, 0.25) is 0 Å². The summed E-state index contributed by atoms with van der Waals surface area (Å²) >= 11 is 0. The SMILES string of the molecule is COc1ccc2c(ccn2CCCNC(=O)[C@@H]2Cc3cc([N+](=O)[O-])ccc3N3C[C@@H]4C[C@@H](Cn5c4cccc5=O)[C@@H]23)c1. The number of aryl methyl sites for hydroxylation is 1. The van der Waals surface area contributed by atoms with Crippen molar-refractivity contribution in [2.45, 2.75) is 44.3 Å². The topological polar surface area (TPSA) is 112 Å². The number of methoxy groups -OCH3 is 1. The number of amides is 1. The molecule has 1 amide bonds. The Balaban J connectivity index is 1.12. The molecule has 7 rings (SSSR count). The zero-order valence-electron chi connectivity index (χ0n) is 23.4. The van der Waals surface area contributed by atoms with Crippen molar-refractivity contribution >= 4 is 28.2 Å². The summed E-state index contributed by atoms with van der Waals surface area (Å²) in [6, 6.07) is 18.4. The minimum absolute atomic E-state index is 0.000495. The molecule has 0 unspecified atom stereocenters. The van der Waals surface area contributed by atoms with Crippen LogP contribution in [0.25, 0.3) is 10.9 Å². The zero-order chi connectivity index (χ0) is 29.0. The molecule has 2 bridgehead atoms. The van der Waals surface area contributed by atoms with Gasteiger partial charge in [-0.3, -0.25) is 19.7 Å². The van der Waals surface area contributed by atoms with Gasteiger partial charge in [0.15, 0.2) is 0 Å². The van der Waals surface area contributed by atoms with E-state index in [1.807, 2.05) is 41.0 Å². The van der Waals surface area contributed by atoms with Crippen LogP contribution in [0.5, 0.6) is 5.75 Å². The fourth-order valence-electron chi connectivity index (χ4n) is 7.54. The predicted octanol–water partition coefficient (Wildman–Crippen LogP) is 4.09. The summed E-state index contributed by atoms with van der Waals surface area (Å²) in [5.74, 6) is 0.704. The summed E-state index contributed by atoms with van der Waals surface area (Å²) in [7, 11) is 1.66. The third-order valence-electron chi connectivity index (χ3n) is 9.39. The maximum atomic E-state index is 13.8. The van der Waals surface area contributed by atoms with Crippen LogP contribution in [0.1, 0.15) is 30.0 Å². The lowest BCUT2D eigenvalue weighted by Crippen LogP contribution is -2.61. The van der Waals surface area contributed by atoms with Gasteiger partial charge in [0, 0.05) is 84.8 Å². The first-order valence-corrected chi connectivity index (χ1v) is 14.6. The summed E-state index contributed by atoms with van der Waals surface area (Å²) in [6.07, 6.45) is 4.17. The Morgan fingerprint density at radius 1 is 1.12 bits per heavy atom. The van der Waals surface area contributed by atoms with Gasteiger partial charge in [0.2, 0.25) is 5.91 Å². The van der Waals surface area contributed by atoms with Gasteiger partial charge in [-0.25, -0.2) is 0 Å². The zero-order valence-corrected chi connectivity index (χ0v) is 23.4. The molecule has 10 heteroatoms. The van der Waals surface area contributed by atoms with E-state index in [1.165, 1.54) is 0 Å². The monoisotopic (exact) mass is 567 g/mol. The van der Waals surface area contributed by atoms with Crippen LogP contribution in [0, 0.1) is 22.0 Å². The van der Waals surface area contributed by atoms with Gasteiger partial charge in [0.25, 0.3) is 11.2 Å². The summed E-state index contributed by atoms with van der Waals surface area (Å²) < 4.78 is 9.39. The van der Waals surface area contributed by atoms with Crippen molar-refractivity contribution in [3.8, 4) is 5.75 Å². The van der Waals surface area contributed by atoms with Gasteiger partial charge >= 0.3 is 0 Å². The average molecular weight is 568 g/mol. The normalized spacial score (nSPS) is 22.2. The molecule has 10 nitrogen and oxygen atoms in total. The lowest BCUT2D eigenvalue weighted by Gasteiger charge is -2.54. The first-order chi connectivity index (χ1) is 20.4. The summed E-state index contributed by atoms with van der Waals surface area (Å²) in [5, 5.41) is 15.9. The van der Waals surface area contributed by atoms with Crippen LogP contribution in [-0.2, 0) is 24.3 Å². The van der Waals surface area contributed by atoms with Crippen LogP contribution < -0.4 is 20.5 Å². The van der Waals surface area contributed by atoms with Crippen molar-refractivity contribution in [1.29, 1.82) is 0 Å². The molecule has 2 aromatic heterocycles. The maximum Gasteiger partial charge on any atom is 0.269 e. The minimum atomic E-state index is -0.379. The molecule has 4 aromatic rings. The van der Waals surface area contributed by atoms with Crippen LogP contribution in [-0.4, -0.2) is 46.2 Å². The molecular formula is C32H33N5O5. The Labute approximate surface area is 242 Å². The number of pyridine rings is 1. The molecular weight excluding hydrogens is 534 g/mol. The standard InChI is InChI=1S/C32H33N5O5/c1-42-25-7-9-27-20(16-25)10-13-34(27)12-3-11-33-32(39)26-17-21-15-24(37(40)41)6-8-29(21)36-18-22-14-23(31(26)36)19-35-28(22)4-2-5-30(35)38/h2,4-10,13,15-16,22-23,26,31H,3,11-12,14,17-19H2,1H3,(H,33,39)/t22-,23-,26+,31-/m0/s1. The van der Waals surface area contributed by atoms with E-state index in [2.05, 4.69) is 27.0 Å². The summed E-state index contributed by atoms with van der Waals surface area (Å²) in [5.41, 5.74) is 3.99. The second-order valence-corrected chi connectivity index (χ2v) is 11.7. The number of nitrogens with one attached hydrogen (secondary N) is 1. The van der Waals surface area contributed by atoms with Gasteiger partial charge in [-0.2, -0.15) is 0 Å². The molecule has 1 fully saturated rings. The lowest BCUT2D eigenvalue weighted by atomic mass is 9.70. The molecule has 2 aromatic carbocycles. The number of non-ortho nitro benzene ring substituents is 1. The van der Waals surface area contributed by atoms with Crippen molar-refractivity contribution in [3.63, 3.8) is 0 Å². The van der Waals surface area contributed by atoms with E-state index in [4.69, 9.17) is 4.74 Å². The Morgan fingerprint density at radius 3 is 2.83 bits per heavy atom. The van der Waals surface area contributed by atoms with E-state index >= 15 is 0 Å². The van der Waals surface area contributed by atoms with E-state index < -0.39 is 0 Å². The summed E-state index contributed by atoms with van der Waals surface area (Å²) in [4.78, 5) is 40.1. The smallest absolute Gasteiger partial charge is 0.269 e. The van der Waals surface area contributed by atoms with E-state index in [1.54, 1.807) is 25.3 Å². The highest BCUT2D eigenvalue weighted by molar-refractivity contribution is 5.83. The van der Waals surface area contributed by atoms with Gasteiger partial charge in [-0.15, -0.1) is 0 Å². The number of ether oxygens (including phenoxy) is 1. The molecule has 1 N–H and O–H groups in total. The molecule has 4 atom stereocenters. The minimum Gasteiger partial charge on any atom is -0.497 e. The van der Waals surface area contributed by atoms with Gasteiger partial charge in [-0.1, -0.05) is 6.07 Å². The van der Waals surface area contributed by atoms with Crippen LogP contribution in [0.4, 0.5) is 11.4 Å². The Kier molecular flexibility index (Phi) is 6.48. The molecule has 0 saturated carbocycles. The number of rotatable bonds is 7. The van der Waals surface area contributed by atoms with E-state index in [0.717, 1.165) is 53.0 Å². The summed E-state index contributed by atoms with van der Waals surface area (Å²) in [6.45, 7) is 2.53. The van der Waals surface area contributed by atoms with Crippen molar-refractivity contribution in [1.82, 2.24) is 14.5 Å². The number of carbonyl (C=O) groups excluding carboxylic acids is 1. The highest BCUT2D eigenvalue weighted by atomic mass is 16.6. The van der Waals surface area contributed by atoms with Crippen molar-refractivity contribution in [2.24, 2.45) is 11.8 Å². The van der Waals surface area contributed by atoms with Crippen LogP contribution in [0.3, 0.4) is 0 Å². The Morgan fingerprint density at radius 2 is 2.00 bits per heavy atom. The molecule has 216 valence electrons. The number of hydrogen-bond acceptors (Lipinski definition) is 6. The number of benzene rings is 2. The highest BCUT2D eigenvalue weighted by Crippen LogP contribution is 2.47. The molecule has 5 heterocycles. The number of piperidine rings is 1. The molecule has 3 aliphatic rings. The first kappa shape index (κ1) is 26.3. The van der Waals surface area contributed by atoms with E-state index in [9.17, 15) is 19.7 Å². The number of anilines is 1. The number of hydrogen-bond donors (Lipinski definition) is 1. The number of nitro benzene ring substituents is 1. The van der Waals surface area contributed by atoms with Crippen molar-refractivity contribution < 1.29 is 14.5 Å². The second kappa shape index (κ2) is 10.3. The van der Waals surface area contributed by atoms with E-state index in [-0.39, 0.29) is 45.9 Å². The molecule has 1 saturated heterocycles. The van der Waals surface area contributed by atoms with Crippen LogP contribution in [0.15, 0.2) is 71.7 Å². The highest BCUT2D eigenvalue weighted by Gasteiger charge is 2.49. The molecule has 42 heavy (non-hydrogen) atoms. The maximum absolute atomic E-state index is 13.8. The first-order valence-electron chi connectivity index (χ1n) is 14.6. The second-order valence-electron chi connectivity index (χ2n) is 11.7. The van der Waals surface area contributed by atoms with Gasteiger partial charge in [0.05, 0.1) is 18.0 Å². The van der Waals surface area contributed by atoms with E-state index in [0.29, 0.717) is 26.1 Å². The average Bonchev–Trinajstić information content (AvgIpc) is 3.41. The number of aromatic nitrogens is 2. The third-order valence-corrected chi connectivity index (χ3v) is 9.39. The fraction of sp³-hybridized carbons (Fsp3) is 0.375. The molecule has 0 radical (unpaired) electrons. The Bertz CT molecular complexity index is 1760. The lowest BCUT2D eigenvalue weighted by molar-refractivity contribution is -0.384. The van der Waals surface area contributed by atoms with Gasteiger partial charge < -0.3 is 24.1 Å². The molecule has 0 aliphatic carbocycles. The molecule has 0 spiro atoms. The third kappa shape index (κ3) is 4.42. The van der Waals surface area contributed by atoms with Crippen LogP contribution >= 0.6 is 0 Å². The predicted molar refractivity (Wildman–Crippen MR) is 159 cm³/mol. The number of fused-ring (bicyclic) bond motifs is 9. The Hall–Kier alpha value is -4.60. The van der Waals surface area contributed by atoms with Crippen molar-refractivity contribution in [2.75, 3.05) is 25.1 Å². The fourth-order valence-corrected chi connectivity index (χ4v) is 7.54. The number of carbonyl (C=O) groups is 1. The van der Waals surface area contributed by atoms with Gasteiger partial charge in [0.1, 0.15) is 5.75 Å². The number of nitro groups is 1. The molecule has 3 aliphatic heterocycles. The van der Waals surface area contributed by atoms with Crippen molar-refractivity contribution in [3.05, 3.63) is 98.6 Å².